The molecule has 174 valence electrons. The Balaban J connectivity index is 1.38. The molecule has 4 aromatic rings. The van der Waals surface area contributed by atoms with Gasteiger partial charge >= 0.3 is 0 Å². The number of aromatic nitrogens is 4. The molecule has 1 N–H and O–H groups in total. The molecule has 1 fully saturated rings. The summed E-state index contributed by atoms with van der Waals surface area (Å²) < 4.78 is 17.8. The monoisotopic (exact) mass is 460 g/mol. The average molecular weight is 460 g/mol. The first-order valence-corrected chi connectivity index (χ1v) is 10.8. The summed E-state index contributed by atoms with van der Waals surface area (Å²) in [5.74, 6) is 1.31. The Bertz CT molecular complexity index is 1320. The molecule has 0 unspecified atom stereocenters. The number of methoxy groups -OCH3 is 2. The molecule has 1 saturated heterocycles. The first-order valence-electron chi connectivity index (χ1n) is 10.8. The van der Waals surface area contributed by atoms with Gasteiger partial charge in [-0.25, -0.2) is 14.5 Å². The standard InChI is InChI=1S/C24H24N6O4/c1-32-20-5-3-16(13-21(20)33-2)19-7-8-25-23-14-18(28-30(19)23)24(31)27-22-6-4-17(15-26-22)29-9-11-34-12-10-29/h3-8,13-15H,9-12H2,1-2H3,(H,26,27,31). The summed E-state index contributed by atoms with van der Waals surface area (Å²) in [7, 11) is 3.17. The van der Waals surface area contributed by atoms with E-state index < -0.39 is 0 Å². The lowest BCUT2D eigenvalue weighted by Gasteiger charge is -2.28. The molecule has 0 spiro atoms. The van der Waals surface area contributed by atoms with Crippen LogP contribution in [0.4, 0.5) is 11.5 Å². The number of ether oxygens (including phenoxy) is 3. The van der Waals surface area contributed by atoms with Gasteiger partial charge in [-0.15, -0.1) is 0 Å². The Morgan fingerprint density at radius 1 is 1.00 bits per heavy atom. The van der Waals surface area contributed by atoms with Crippen LogP contribution in [0, 0.1) is 0 Å². The number of pyridine rings is 1. The number of nitrogens with one attached hydrogen (secondary N) is 1. The van der Waals surface area contributed by atoms with Gasteiger partial charge in [-0.2, -0.15) is 5.10 Å². The third-order valence-corrected chi connectivity index (χ3v) is 5.64. The van der Waals surface area contributed by atoms with Gasteiger partial charge in [-0.1, -0.05) is 0 Å². The maximum Gasteiger partial charge on any atom is 0.277 e. The van der Waals surface area contributed by atoms with Crippen molar-refractivity contribution in [2.75, 3.05) is 50.7 Å². The summed E-state index contributed by atoms with van der Waals surface area (Å²) in [6.45, 7) is 3.05. The largest absolute Gasteiger partial charge is 0.493 e. The Morgan fingerprint density at radius 2 is 1.82 bits per heavy atom. The number of benzene rings is 1. The Labute approximate surface area is 196 Å². The van der Waals surface area contributed by atoms with E-state index in [9.17, 15) is 4.79 Å². The number of rotatable bonds is 6. The highest BCUT2D eigenvalue weighted by Gasteiger charge is 2.17. The minimum Gasteiger partial charge on any atom is -0.493 e. The maximum absolute atomic E-state index is 12.9. The summed E-state index contributed by atoms with van der Waals surface area (Å²) in [5.41, 5.74) is 3.39. The SMILES string of the molecule is COc1ccc(-c2ccnc3cc(C(=O)Nc4ccc(N5CCOCC5)cn4)nn23)cc1OC. The molecule has 0 saturated carbocycles. The number of amides is 1. The molecule has 1 aliphatic rings. The van der Waals surface area contributed by atoms with Gasteiger partial charge in [-0.05, 0) is 36.4 Å². The highest BCUT2D eigenvalue weighted by Crippen LogP contribution is 2.32. The van der Waals surface area contributed by atoms with Crippen LogP contribution in [0.2, 0.25) is 0 Å². The first-order chi connectivity index (χ1) is 16.7. The smallest absolute Gasteiger partial charge is 0.277 e. The molecule has 34 heavy (non-hydrogen) atoms. The molecule has 10 nitrogen and oxygen atoms in total. The highest BCUT2D eigenvalue weighted by molar-refractivity contribution is 6.03. The molecule has 0 radical (unpaired) electrons. The Kier molecular flexibility index (Phi) is 5.96. The van der Waals surface area contributed by atoms with Crippen LogP contribution < -0.4 is 19.7 Å². The van der Waals surface area contributed by atoms with Crippen molar-refractivity contribution in [1.82, 2.24) is 19.6 Å². The average Bonchev–Trinajstić information content (AvgIpc) is 3.34. The predicted molar refractivity (Wildman–Crippen MR) is 127 cm³/mol. The van der Waals surface area contributed by atoms with Crippen LogP contribution in [-0.2, 0) is 4.74 Å². The maximum atomic E-state index is 12.9. The quantitative estimate of drug-likeness (QED) is 0.469. The van der Waals surface area contributed by atoms with Gasteiger partial charge in [0.05, 0.1) is 45.0 Å². The predicted octanol–water partition coefficient (Wildman–Crippen LogP) is 2.90. The highest BCUT2D eigenvalue weighted by atomic mass is 16.5. The molecule has 10 heteroatoms. The fraction of sp³-hybridized carbons (Fsp3) is 0.250. The molecule has 1 amide bonds. The molecule has 5 rings (SSSR count). The van der Waals surface area contributed by atoms with Crippen LogP contribution in [0.3, 0.4) is 0 Å². The topological polar surface area (TPSA) is 103 Å². The summed E-state index contributed by atoms with van der Waals surface area (Å²) >= 11 is 0. The second kappa shape index (κ2) is 9.36. The number of hydrogen-bond acceptors (Lipinski definition) is 8. The molecular formula is C24H24N6O4. The van der Waals surface area contributed by atoms with Gasteiger partial charge in [0.1, 0.15) is 5.82 Å². The second-order valence-corrected chi connectivity index (χ2v) is 7.65. The lowest BCUT2D eigenvalue weighted by atomic mass is 10.1. The van der Waals surface area contributed by atoms with Crippen molar-refractivity contribution in [2.45, 2.75) is 0 Å². The summed E-state index contributed by atoms with van der Waals surface area (Å²) in [5, 5.41) is 7.30. The van der Waals surface area contributed by atoms with E-state index >= 15 is 0 Å². The van der Waals surface area contributed by atoms with E-state index in [0.717, 1.165) is 30.0 Å². The van der Waals surface area contributed by atoms with Crippen LogP contribution >= 0.6 is 0 Å². The Hall–Kier alpha value is -4.18. The van der Waals surface area contributed by atoms with E-state index in [2.05, 4.69) is 25.3 Å². The third-order valence-electron chi connectivity index (χ3n) is 5.64. The first kappa shape index (κ1) is 21.7. The number of hydrogen-bond donors (Lipinski definition) is 1. The number of carbonyl (C=O) groups is 1. The fourth-order valence-electron chi connectivity index (χ4n) is 3.87. The lowest BCUT2D eigenvalue weighted by Crippen LogP contribution is -2.36. The summed E-state index contributed by atoms with van der Waals surface area (Å²) in [4.78, 5) is 23.8. The fourth-order valence-corrected chi connectivity index (χ4v) is 3.87. The van der Waals surface area contributed by atoms with Crippen LogP contribution in [0.5, 0.6) is 11.5 Å². The number of morpholine rings is 1. The van der Waals surface area contributed by atoms with E-state index in [0.29, 0.717) is 36.2 Å². The molecular weight excluding hydrogens is 436 g/mol. The number of fused-ring (bicyclic) bond motifs is 1. The summed E-state index contributed by atoms with van der Waals surface area (Å²) in [6, 6.07) is 12.8. The van der Waals surface area contributed by atoms with Crippen LogP contribution in [0.25, 0.3) is 16.9 Å². The van der Waals surface area contributed by atoms with Gasteiger partial charge in [-0.3, -0.25) is 4.79 Å². The van der Waals surface area contributed by atoms with Crippen LogP contribution in [0.1, 0.15) is 10.5 Å². The minimum absolute atomic E-state index is 0.236. The van der Waals surface area contributed by atoms with Gasteiger partial charge in [0.2, 0.25) is 0 Å². The number of carbonyl (C=O) groups excluding carboxylic acids is 1. The van der Waals surface area contributed by atoms with E-state index in [4.69, 9.17) is 14.2 Å². The number of anilines is 2. The molecule has 1 aromatic carbocycles. The third kappa shape index (κ3) is 4.23. The van der Waals surface area contributed by atoms with Crippen molar-refractivity contribution >= 4 is 23.1 Å². The molecule has 1 aliphatic heterocycles. The van der Waals surface area contributed by atoms with Gasteiger partial charge in [0.25, 0.3) is 5.91 Å². The van der Waals surface area contributed by atoms with E-state index in [1.165, 1.54) is 0 Å². The van der Waals surface area contributed by atoms with E-state index in [1.807, 2.05) is 30.3 Å². The molecule has 0 aliphatic carbocycles. The van der Waals surface area contributed by atoms with Gasteiger partial charge < -0.3 is 24.4 Å². The lowest BCUT2D eigenvalue weighted by molar-refractivity contribution is 0.102. The normalized spacial score (nSPS) is 13.6. The number of nitrogens with zero attached hydrogens (tertiary/aromatic N) is 5. The zero-order chi connectivity index (χ0) is 23.5. The summed E-state index contributed by atoms with van der Waals surface area (Å²) in [6.07, 6.45) is 3.43. The minimum atomic E-state index is -0.365. The van der Waals surface area contributed by atoms with E-state index in [1.54, 1.807) is 43.3 Å². The molecule has 0 bridgehead atoms. The van der Waals surface area contributed by atoms with Crippen molar-refractivity contribution < 1.29 is 19.0 Å². The zero-order valence-corrected chi connectivity index (χ0v) is 18.9. The second-order valence-electron chi connectivity index (χ2n) is 7.65. The van der Waals surface area contributed by atoms with Crippen molar-refractivity contribution in [3.8, 4) is 22.8 Å². The van der Waals surface area contributed by atoms with E-state index in [-0.39, 0.29) is 11.6 Å². The van der Waals surface area contributed by atoms with Gasteiger partial charge in [0, 0.05) is 30.9 Å². The van der Waals surface area contributed by atoms with Crippen molar-refractivity contribution in [1.29, 1.82) is 0 Å². The molecule has 4 heterocycles. The zero-order valence-electron chi connectivity index (χ0n) is 18.9. The van der Waals surface area contributed by atoms with Crippen LogP contribution in [0.15, 0.2) is 54.9 Å². The van der Waals surface area contributed by atoms with Crippen LogP contribution in [-0.4, -0.2) is 66.0 Å². The van der Waals surface area contributed by atoms with Gasteiger partial charge in [0.15, 0.2) is 22.8 Å². The molecule has 3 aromatic heterocycles. The van der Waals surface area contributed by atoms with Crippen molar-refractivity contribution in [3.63, 3.8) is 0 Å². The van der Waals surface area contributed by atoms with Crippen molar-refractivity contribution in [2.24, 2.45) is 0 Å². The Morgan fingerprint density at radius 3 is 2.56 bits per heavy atom. The van der Waals surface area contributed by atoms with Crippen molar-refractivity contribution in [3.05, 3.63) is 60.6 Å². The molecule has 0 atom stereocenters.